The molecule has 0 saturated heterocycles. The molecule has 2 heterocycles. The van der Waals surface area contributed by atoms with Gasteiger partial charge in [0.15, 0.2) is 0 Å². The molecule has 1 aliphatic heterocycles. The minimum Gasteiger partial charge on any atom is -0.342 e. The number of hydrogen-bond donors (Lipinski definition) is 2. The molecule has 6 nitrogen and oxygen atoms in total. The van der Waals surface area contributed by atoms with Crippen molar-refractivity contribution in [1.82, 2.24) is 14.9 Å². The Hall–Kier alpha value is -2.77. The van der Waals surface area contributed by atoms with Crippen LogP contribution >= 0.6 is 23.4 Å². The second-order valence-electron chi connectivity index (χ2n) is 6.74. The Morgan fingerprint density at radius 3 is 2.76 bits per heavy atom. The zero-order valence-corrected chi connectivity index (χ0v) is 17.2. The van der Waals surface area contributed by atoms with Crippen LogP contribution in [0, 0.1) is 0 Å². The normalized spacial score (nSPS) is 16.6. The van der Waals surface area contributed by atoms with E-state index in [0.29, 0.717) is 10.8 Å². The van der Waals surface area contributed by atoms with Gasteiger partial charge in [-0.3, -0.25) is 9.59 Å². The maximum atomic E-state index is 12.9. The number of hydrogen-bond acceptors (Lipinski definition) is 4. The number of rotatable bonds is 5. The number of anilines is 1. The van der Waals surface area contributed by atoms with Crippen molar-refractivity contribution in [2.24, 2.45) is 7.05 Å². The van der Waals surface area contributed by atoms with Gasteiger partial charge in [-0.2, -0.15) is 0 Å². The molecule has 0 saturated carbocycles. The Bertz CT molecular complexity index is 1050. The molecule has 0 bridgehead atoms. The highest BCUT2D eigenvalue weighted by Gasteiger charge is 2.30. The van der Waals surface area contributed by atoms with Crippen LogP contribution in [-0.4, -0.2) is 26.6 Å². The van der Waals surface area contributed by atoms with Crippen LogP contribution in [0.15, 0.2) is 65.8 Å². The van der Waals surface area contributed by atoms with E-state index in [0.717, 1.165) is 16.1 Å². The predicted molar refractivity (Wildman–Crippen MR) is 114 cm³/mol. The number of aryl methyl sites for hydroxylation is 1. The van der Waals surface area contributed by atoms with E-state index in [-0.39, 0.29) is 18.2 Å². The molecule has 0 spiro atoms. The minimum absolute atomic E-state index is 0.0688. The standard InChI is InChI=1S/C21H19ClN4O2S/c1-26-11-10-23-20(26)19(13-6-8-14(22)9-7-13)25-18(27)12-17-21(28)24-15-4-2-3-5-16(15)29-17/h2-11,17,19H,12H2,1H3,(H,24,28)(H,25,27)/t17-,19+/m0/s1. The van der Waals surface area contributed by atoms with Gasteiger partial charge in [0.2, 0.25) is 11.8 Å². The quantitative estimate of drug-likeness (QED) is 0.651. The van der Waals surface area contributed by atoms with Crippen LogP contribution in [-0.2, 0) is 16.6 Å². The van der Waals surface area contributed by atoms with Crippen molar-refractivity contribution in [3.63, 3.8) is 0 Å². The summed E-state index contributed by atoms with van der Waals surface area (Å²) in [6.07, 6.45) is 3.58. The van der Waals surface area contributed by atoms with Crippen molar-refractivity contribution in [3.8, 4) is 0 Å². The van der Waals surface area contributed by atoms with E-state index >= 15 is 0 Å². The van der Waals surface area contributed by atoms with Crippen LogP contribution in [0.1, 0.15) is 23.9 Å². The largest absolute Gasteiger partial charge is 0.342 e. The number of halogens is 1. The molecule has 8 heteroatoms. The van der Waals surface area contributed by atoms with E-state index in [1.54, 1.807) is 18.3 Å². The maximum absolute atomic E-state index is 12.9. The molecule has 0 unspecified atom stereocenters. The molecule has 2 amide bonds. The molecule has 0 aliphatic carbocycles. The van der Waals surface area contributed by atoms with Crippen LogP contribution in [0.25, 0.3) is 0 Å². The van der Waals surface area contributed by atoms with Crippen molar-refractivity contribution in [2.45, 2.75) is 22.6 Å². The fourth-order valence-electron chi connectivity index (χ4n) is 3.22. The summed E-state index contributed by atoms with van der Waals surface area (Å²) in [5.74, 6) is 0.315. The number of thioether (sulfide) groups is 1. The molecule has 3 aromatic rings. The molecule has 29 heavy (non-hydrogen) atoms. The second-order valence-corrected chi connectivity index (χ2v) is 8.43. The van der Waals surface area contributed by atoms with Gasteiger partial charge in [0.25, 0.3) is 0 Å². The smallest absolute Gasteiger partial charge is 0.238 e. The van der Waals surface area contributed by atoms with E-state index in [9.17, 15) is 9.59 Å². The molecular weight excluding hydrogens is 408 g/mol. The Labute approximate surface area is 177 Å². The second kappa shape index (κ2) is 8.31. The molecule has 2 N–H and O–H groups in total. The van der Waals surface area contributed by atoms with E-state index < -0.39 is 11.3 Å². The lowest BCUT2D eigenvalue weighted by atomic mass is 10.1. The number of carbonyl (C=O) groups excluding carboxylic acids is 2. The Balaban J connectivity index is 1.52. The average Bonchev–Trinajstić information content (AvgIpc) is 3.13. The number of aromatic nitrogens is 2. The van der Waals surface area contributed by atoms with E-state index in [1.807, 2.05) is 54.2 Å². The van der Waals surface area contributed by atoms with Gasteiger partial charge < -0.3 is 15.2 Å². The van der Waals surface area contributed by atoms with Crippen LogP contribution in [0.3, 0.4) is 0 Å². The van der Waals surface area contributed by atoms with Gasteiger partial charge in [-0.25, -0.2) is 4.98 Å². The first-order valence-electron chi connectivity index (χ1n) is 9.10. The third-order valence-electron chi connectivity index (χ3n) is 4.70. The fraction of sp³-hybridized carbons (Fsp3) is 0.190. The Morgan fingerprint density at radius 1 is 1.28 bits per heavy atom. The van der Waals surface area contributed by atoms with Gasteiger partial charge in [-0.05, 0) is 29.8 Å². The summed E-state index contributed by atoms with van der Waals surface area (Å²) in [4.78, 5) is 30.6. The lowest BCUT2D eigenvalue weighted by Gasteiger charge is -2.25. The molecule has 2 aromatic carbocycles. The number of benzene rings is 2. The number of nitrogens with one attached hydrogen (secondary N) is 2. The Kier molecular flexibility index (Phi) is 5.60. The van der Waals surface area contributed by atoms with Crippen LogP contribution in [0.2, 0.25) is 5.02 Å². The van der Waals surface area contributed by atoms with E-state index in [1.165, 1.54) is 11.8 Å². The number of carbonyl (C=O) groups is 2. The van der Waals surface area contributed by atoms with Crippen molar-refractivity contribution in [2.75, 3.05) is 5.32 Å². The van der Waals surface area contributed by atoms with Crippen LogP contribution in [0.5, 0.6) is 0 Å². The summed E-state index contributed by atoms with van der Waals surface area (Å²) in [5.41, 5.74) is 1.65. The first-order valence-corrected chi connectivity index (χ1v) is 10.4. The lowest BCUT2D eigenvalue weighted by molar-refractivity contribution is -0.124. The Morgan fingerprint density at radius 2 is 2.03 bits per heavy atom. The summed E-state index contributed by atoms with van der Waals surface area (Å²) < 4.78 is 1.86. The number of imidazole rings is 1. The molecule has 1 aliphatic rings. The summed E-state index contributed by atoms with van der Waals surface area (Å²) in [7, 11) is 1.87. The summed E-state index contributed by atoms with van der Waals surface area (Å²) in [5, 5.41) is 6.03. The van der Waals surface area contributed by atoms with Gasteiger partial charge in [0, 0.05) is 35.8 Å². The number of para-hydroxylation sites is 1. The summed E-state index contributed by atoms with van der Waals surface area (Å²) >= 11 is 7.42. The highest BCUT2D eigenvalue weighted by atomic mass is 35.5. The maximum Gasteiger partial charge on any atom is 0.238 e. The topological polar surface area (TPSA) is 76.0 Å². The number of amides is 2. The zero-order chi connectivity index (χ0) is 20.4. The van der Waals surface area contributed by atoms with Crippen molar-refractivity contribution in [1.29, 1.82) is 0 Å². The molecule has 148 valence electrons. The first-order chi connectivity index (χ1) is 14.0. The molecule has 4 rings (SSSR count). The number of fused-ring (bicyclic) bond motifs is 1. The summed E-state index contributed by atoms with van der Waals surface area (Å²) in [6, 6.07) is 14.4. The van der Waals surface area contributed by atoms with Crippen molar-refractivity contribution < 1.29 is 9.59 Å². The minimum atomic E-state index is -0.489. The zero-order valence-electron chi connectivity index (χ0n) is 15.6. The SMILES string of the molecule is Cn1ccnc1[C@H](NC(=O)C[C@@H]1Sc2ccccc2NC1=O)c1ccc(Cl)cc1. The van der Waals surface area contributed by atoms with E-state index in [2.05, 4.69) is 15.6 Å². The molecule has 1 aromatic heterocycles. The number of nitrogens with zero attached hydrogens (tertiary/aromatic N) is 2. The summed E-state index contributed by atoms with van der Waals surface area (Å²) in [6.45, 7) is 0. The molecule has 2 atom stereocenters. The molecule has 0 radical (unpaired) electrons. The van der Waals surface area contributed by atoms with Crippen LogP contribution in [0.4, 0.5) is 5.69 Å². The van der Waals surface area contributed by atoms with Crippen LogP contribution < -0.4 is 10.6 Å². The monoisotopic (exact) mass is 426 g/mol. The predicted octanol–water partition coefficient (Wildman–Crippen LogP) is 3.78. The van der Waals surface area contributed by atoms with Gasteiger partial charge in [0.05, 0.1) is 10.9 Å². The van der Waals surface area contributed by atoms with Gasteiger partial charge in [-0.15, -0.1) is 11.8 Å². The highest BCUT2D eigenvalue weighted by molar-refractivity contribution is 8.01. The molecular formula is C21H19ClN4O2S. The lowest BCUT2D eigenvalue weighted by Crippen LogP contribution is -2.37. The third kappa shape index (κ3) is 4.31. The fourth-order valence-corrected chi connectivity index (χ4v) is 4.46. The van der Waals surface area contributed by atoms with Crippen molar-refractivity contribution in [3.05, 3.63) is 77.3 Å². The molecule has 0 fully saturated rings. The van der Waals surface area contributed by atoms with E-state index in [4.69, 9.17) is 11.6 Å². The van der Waals surface area contributed by atoms with Gasteiger partial charge in [0.1, 0.15) is 11.9 Å². The van der Waals surface area contributed by atoms with Gasteiger partial charge in [-0.1, -0.05) is 35.9 Å². The van der Waals surface area contributed by atoms with Crippen molar-refractivity contribution >= 4 is 40.9 Å². The highest BCUT2D eigenvalue weighted by Crippen LogP contribution is 2.36. The first kappa shape index (κ1) is 19.5. The van der Waals surface area contributed by atoms with Gasteiger partial charge >= 0.3 is 0 Å². The average molecular weight is 427 g/mol. The third-order valence-corrected chi connectivity index (χ3v) is 6.23.